The van der Waals surface area contributed by atoms with Gasteiger partial charge in [0.2, 0.25) is 18.6 Å². The Kier molecular flexibility index (Phi) is 5.46. The van der Waals surface area contributed by atoms with Crippen molar-refractivity contribution < 1.29 is 19.1 Å². The fourth-order valence-electron chi connectivity index (χ4n) is 3.66. The van der Waals surface area contributed by atoms with E-state index in [2.05, 4.69) is 12.2 Å². The Morgan fingerprint density at radius 1 is 1.24 bits per heavy atom. The van der Waals surface area contributed by atoms with Crippen molar-refractivity contribution in [3.63, 3.8) is 0 Å². The van der Waals surface area contributed by atoms with Crippen LogP contribution in [0.5, 0.6) is 11.5 Å². The summed E-state index contributed by atoms with van der Waals surface area (Å²) >= 11 is 0. The average molecular weight is 346 g/mol. The Labute approximate surface area is 148 Å². The molecule has 1 aromatic rings. The van der Waals surface area contributed by atoms with E-state index in [1.54, 1.807) is 6.92 Å². The molecular weight excluding hydrogens is 320 g/mol. The monoisotopic (exact) mass is 346 g/mol. The Balaban J connectivity index is 1.49. The van der Waals surface area contributed by atoms with E-state index in [1.807, 2.05) is 23.1 Å². The lowest BCUT2D eigenvalue weighted by Crippen LogP contribution is -2.43. The lowest BCUT2D eigenvalue weighted by Gasteiger charge is -2.37. The topological polar surface area (TPSA) is 67.9 Å². The normalized spacial score (nSPS) is 21.9. The highest BCUT2D eigenvalue weighted by molar-refractivity contribution is 5.76. The largest absolute Gasteiger partial charge is 0.454 e. The number of benzene rings is 1. The molecule has 2 amide bonds. The molecule has 0 radical (unpaired) electrons. The predicted molar refractivity (Wildman–Crippen MR) is 93.2 cm³/mol. The van der Waals surface area contributed by atoms with Gasteiger partial charge in [-0.1, -0.05) is 19.4 Å². The molecule has 0 spiro atoms. The highest BCUT2D eigenvalue weighted by Gasteiger charge is 2.30. The second kappa shape index (κ2) is 7.76. The quantitative estimate of drug-likeness (QED) is 0.888. The van der Waals surface area contributed by atoms with Crippen LogP contribution in [-0.2, 0) is 16.1 Å². The van der Waals surface area contributed by atoms with Gasteiger partial charge in [0.05, 0.1) is 0 Å². The van der Waals surface area contributed by atoms with E-state index in [9.17, 15) is 9.59 Å². The van der Waals surface area contributed by atoms with Crippen molar-refractivity contribution in [3.05, 3.63) is 23.8 Å². The maximum atomic E-state index is 12.3. The lowest BCUT2D eigenvalue weighted by molar-refractivity contribution is -0.132. The number of ether oxygens (including phenoxy) is 2. The number of carbonyl (C=O) groups is 2. The maximum absolute atomic E-state index is 12.3. The summed E-state index contributed by atoms with van der Waals surface area (Å²) in [5.41, 5.74) is 0.996. The molecule has 2 heterocycles. The standard InChI is InChI=1S/C19H26N2O4/c1-3-15-11-21(13(2)22)7-6-16(15)9-19(23)20-10-14-4-5-17-18(8-14)25-12-24-17/h4-5,8,15-16H,3,6-7,9-12H2,1-2H3,(H,20,23)/t15-,16+/m1/s1. The van der Waals surface area contributed by atoms with Crippen LogP contribution in [0.3, 0.4) is 0 Å². The number of carbonyl (C=O) groups excluding carboxylic acids is 2. The molecule has 25 heavy (non-hydrogen) atoms. The summed E-state index contributed by atoms with van der Waals surface area (Å²) in [7, 11) is 0. The first-order chi connectivity index (χ1) is 12.1. The molecule has 2 aliphatic rings. The van der Waals surface area contributed by atoms with Crippen molar-refractivity contribution in [1.29, 1.82) is 0 Å². The van der Waals surface area contributed by atoms with E-state index >= 15 is 0 Å². The van der Waals surface area contributed by atoms with Gasteiger partial charge in [-0.05, 0) is 36.0 Å². The molecular formula is C19H26N2O4. The molecule has 0 saturated carbocycles. The smallest absolute Gasteiger partial charge is 0.231 e. The number of piperidine rings is 1. The van der Waals surface area contributed by atoms with Gasteiger partial charge in [0.15, 0.2) is 11.5 Å². The number of nitrogens with zero attached hydrogens (tertiary/aromatic N) is 1. The molecule has 136 valence electrons. The second-order valence-corrected chi connectivity index (χ2v) is 6.85. The van der Waals surface area contributed by atoms with Gasteiger partial charge < -0.3 is 19.7 Å². The van der Waals surface area contributed by atoms with Gasteiger partial charge in [0, 0.05) is 33.0 Å². The van der Waals surface area contributed by atoms with Crippen LogP contribution in [0, 0.1) is 11.8 Å². The number of hydrogen-bond acceptors (Lipinski definition) is 4. The van der Waals surface area contributed by atoms with E-state index in [1.165, 1.54) is 0 Å². The van der Waals surface area contributed by atoms with Gasteiger partial charge in [-0.15, -0.1) is 0 Å². The van der Waals surface area contributed by atoms with Crippen LogP contribution in [0.2, 0.25) is 0 Å². The molecule has 0 bridgehead atoms. The first-order valence-electron chi connectivity index (χ1n) is 8.97. The molecule has 0 aromatic heterocycles. The molecule has 3 rings (SSSR count). The number of likely N-dealkylation sites (tertiary alicyclic amines) is 1. The summed E-state index contributed by atoms with van der Waals surface area (Å²) < 4.78 is 10.6. The van der Waals surface area contributed by atoms with E-state index in [0.29, 0.717) is 24.8 Å². The van der Waals surface area contributed by atoms with Crippen LogP contribution < -0.4 is 14.8 Å². The van der Waals surface area contributed by atoms with Crippen molar-refractivity contribution >= 4 is 11.8 Å². The van der Waals surface area contributed by atoms with E-state index in [4.69, 9.17) is 9.47 Å². The molecule has 2 atom stereocenters. The van der Waals surface area contributed by atoms with Crippen molar-refractivity contribution in [3.8, 4) is 11.5 Å². The first kappa shape index (κ1) is 17.6. The number of amides is 2. The van der Waals surface area contributed by atoms with Gasteiger partial charge in [-0.25, -0.2) is 0 Å². The first-order valence-corrected chi connectivity index (χ1v) is 8.97. The molecule has 6 heteroatoms. The number of nitrogens with one attached hydrogen (secondary N) is 1. The fraction of sp³-hybridized carbons (Fsp3) is 0.579. The highest BCUT2D eigenvalue weighted by Crippen LogP contribution is 2.32. The van der Waals surface area contributed by atoms with Crippen molar-refractivity contribution in [1.82, 2.24) is 10.2 Å². The molecule has 1 saturated heterocycles. The van der Waals surface area contributed by atoms with Crippen LogP contribution >= 0.6 is 0 Å². The van der Waals surface area contributed by atoms with Crippen LogP contribution in [0.15, 0.2) is 18.2 Å². The Hall–Kier alpha value is -2.24. The third-order valence-corrected chi connectivity index (χ3v) is 5.24. The van der Waals surface area contributed by atoms with Gasteiger partial charge >= 0.3 is 0 Å². The zero-order valence-corrected chi connectivity index (χ0v) is 14.9. The summed E-state index contributed by atoms with van der Waals surface area (Å²) in [5.74, 6) is 2.42. The minimum Gasteiger partial charge on any atom is -0.454 e. The number of fused-ring (bicyclic) bond motifs is 1. The maximum Gasteiger partial charge on any atom is 0.231 e. The molecule has 1 fully saturated rings. The Bertz CT molecular complexity index is 646. The molecule has 0 unspecified atom stereocenters. The number of hydrogen-bond donors (Lipinski definition) is 1. The van der Waals surface area contributed by atoms with Gasteiger partial charge in [0.1, 0.15) is 0 Å². The Morgan fingerprint density at radius 3 is 2.80 bits per heavy atom. The van der Waals surface area contributed by atoms with Gasteiger partial charge in [-0.2, -0.15) is 0 Å². The highest BCUT2D eigenvalue weighted by atomic mass is 16.7. The van der Waals surface area contributed by atoms with Crippen LogP contribution in [-0.4, -0.2) is 36.6 Å². The van der Waals surface area contributed by atoms with E-state index < -0.39 is 0 Å². The number of rotatable bonds is 5. The molecule has 1 N–H and O–H groups in total. The van der Waals surface area contributed by atoms with Gasteiger partial charge in [-0.3, -0.25) is 9.59 Å². The fourth-order valence-corrected chi connectivity index (χ4v) is 3.66. The summed E-state index contributed by atoms with van der Waals surface area (Å²) in [4.78, 5) is 25.8. The summed E-state index contributed by atoms with van der Waals surface area (Å²) in [6.45, 7) is 6.01. The summed E-state index contributed by atoms with van der Waals surface area (Å²) in [6.07, 6.45) is 2.41. The SMILES string of the molecule is CC[C@@H]1CN(C(C)=O)CC[C@H]1CC(=O)NCc1ccc2c(c1)OCO2. The molecule has 1 aromatic carbocycles. The minimum atomic E-state index is 0.0670. The molecule has 0 aliphatic carbocycles. The zero-order chi connectivity index (χ0) is 17.8. The summed E-state index contributed by atoms with van der Waals surface area (Å²) in [6, 6.07) is 5.71. The third-order valence-electron chi connectivity index (χ3n) is 5.24. The summed E-state index contributed by atoms with van der Waals surface area (Å²) in [5, 5.41) is 3.00. The van der Waals surface area contributed by atoms with Crippen LogP contribution in [0.25, 0.3) is 0 Å². The zero-order valence-electron chi connectivity index (χ0n) is 14.9. The van der Waals surface area contributed by atoms with E-state index in [0.717, 1.165) is 43.0 Å². The second-order valence-electron chi connectivity index (χ2n) is 6.85. The minimum absolute atomic E-state index is 0.0670. The molecule has 2 aliphatic heterocycles. The molecule has 6 nitrogen and oxygen atoms in total. The predicted octanol–water partition coefficient (Wildman–Crippen LogP) is 2.32. The van der Waals surface area contributed by atoms with Crippen LogP contribution in [0.4, 0.5) is 0 Å². The van der Waals surface area contributed by atoms with Crippen molar-refractivity contribution in [2.75, 3.05) is 19.9 Å². The van der Waals surface area contributed by atoms with E-state index in [-0.39, 0.29) is 18.6 Å². The lowest BCUT2D eigenvalue weighted by atomic mass is 9.81. The average Bonchev–Trinajstić information content (AvgIpc) is 3.07. The van der Waals surface area contributed by atoms with Crippen LogP contribution in [0.1, 0.15) is 38.7 Å². The third kappa shape index (κ3) is 4.24. The Morgan fingerprint density at radius 2 is 2.04 bits per heavy atom. The van der Waals surface area contributed by atoms with Crippen molar-refractivity contribution in [2.45, 2.75) is 39.7 Å². The van der Waals surface area contributed by atoms with Crippen molar-refractivity contribution in [2.24, 2.45) is 11.8 Å². The van der Waals surface area contributed by atoms with Gasteiger partial charge in [0.25, 0.3) is 0 Å².